The maximum Gasteiger partial charge on any atom is 0.319 e. The minimum Gasteiger partial charge on any atom is -0.461 e. The second kappa shape index (κ2) is 9.50. The van der Waals surface area contributed by atoms with Crippen molar-refractivity contribution in [2.45, 2.75) is 31.2 Å². The number of hydrogen-bond donors (Lipinski definition) is 1. The molecule has 0 amide bonds. The Labute approximate surface area is 237 Å². The molecule has 7 nitrogen and oxygen atoms in total. The molecule has 4 saturated heterocycles. The molecule has 6 heterocycles. The Bertz CT molecular complexity index is 1600. The van der Waals surface area contributed by atoms with E-state index in [2.05, 4.69) is 20.1 Å². The monoisotopic (exact) mass is 558 g/mol. The first-order valence-electron chi connectivity index (χ1n) is 14.5. The highest BCUT2D eigenvalue weighted by molar-refractivity contribution is 6.36. The van der Waals surface area contributed by atoms with Crippen molar-refractivity contribution in [3.8, 4) is 17.3 Å². The summed E-state index contributed by atoms with van der Waals surface area (Å²) in [6, 6.07) is 11.7. The van der Waals surface area contributed by atoms with Gasteiger partial charge in [-0.15, -0.1) is 0 Å². The first-order chi connectivity index (χ1) is 19.6. The van der Waals surface area contributed by atoms with Crippen LogP contribution >= 0.6 is 11.6 Å². The predicted octanol–water partition coefficient (Wildman–Crippen LogP) is 5.30. The molecular weight excluding hydrogens is 527 g/mol. The average molecular weight is 559 g/mol. The third-order valence-corrected chi connectivity index (χ3v) is 10.0. The van der Waals surface area contributed by atoms with Gasteiger partial charge in [-0.2, -0.15) is 9.97 Å². The van der Waals surface area contributed by atoms with E-state index in [4.69, 9.17) is 26.3 Å². The normalized spacial score (nSPS) is 23.8. The van der Waals surface area contributed by atoms with Crippen LogP contribution in [0.15, 0.2) is 42.6 Å². The molecule has 0 spiro atoms. The minimum absolute atomic E-state index is 0.0521. The first kappa shape index (κ1) is 24.7. The molecule has 0 unspecified atom stereocenters. The number of rotatable bonds is 5. The molecule has 2 aromatic heterocycles. The van der Waals surface area contributed by atoms with Gasteiger partial charge < -0.3 is 15.0 Å². The maximum atomic E-state index is 16.6. The predicted molar refractivity (Wildman–Crippen MR) is 156 cm³/mol. The molecule has 9 heteroatoms. The fraction of sp³-hybridized carbons (Fsp3) is 0.452. The van der Waals surface area contributed by atoms with E-state index in [1.807, 2.05) is 36.4 Å². The standard InChI is InChI=1S/C31H32ClFN6O/c32-24-8-2-6-19-5-1-7-22(25(19)24)27-26(33)28-23(15-35-27)29(38-16-20-13-34-14-21(20)17-38)37-30(36-28)40-18-31-9-3-11-39(31)12-4-10-31/h1-2,5-8,15,20-21,34H,3-4,9-14,16-18H2/t20-,21+. The van der Waals surface area contributed by atoms with Gasteiger partial charge in [-0.05, 0) is 62.1 Å². The molecule has 1 N–H and O–H groups in total. The van der Waals surface area contributed by atoms with Gasteiger partial charge in [-0.25, -0.2) is 4.39 Å². The smallest absolute Gasteiger partial charge is 0.319 e. The highest BCUT2D eigenvalue weighted by Crippen LogP contribution is 2.41. The minimum atomic E-state index is -0.471. The summed E-state index contributed by atoms with van der Waals surface area (Å²) in [6.45, 7) is 6.54. The number of nitrogens with zero attached hydrogens (tertiary/aromatic N) is 5. The van der Waals surface area contributed by atoms with Crippen molar-refractivity contribution in [2.24, 2.45) is 11.8 Å². The van der Waals surface area contributed by atoms with Crippen molar-refractivity contribution in [2.75, 3.05) is 50.8 Å². The van der Waals surface area contributed by atoms with Crippen LogP contribution in [-0.4, -0.2) is 71.3 Å². The Balaban J connectivity index is 1.25. The molecule has 0 aliphatic carbocycles. The van der Waals surface area contributed by atoms with Crippen LogP contribution in [0.3, 0.4) is 0 Å². The molecule has 4 fully saturated rings. The van der Waals surface area contributed by atoms with E-state index in [0.717, 1.165) is 68.7 Å². The molecule has 0 bridgehead atoms. The molecule has 2 aromatic carbocycles. The summed E-state index contributed by atoms with van der Waals surface area (Å²) in [5.41, 5.74) is 1.19. The summed E-state index contributed by atoms with van der Waals surface area (Å²) in [6.07, 6.45) is 6.35. The highest BCUT2D eigenvalue weighted by atomic mass is 35.5. The highest BCUT2D eigenvalue weighted by Gasteiger charge is 2.45. The van der Waals surface area contributed by atoms with Gasteiger partial charge in [-0.1, -0.05) is 41.9 Å². The lowest BCUT2D eigenvalue weighted by molar-refractivity contribution is 0.108. The number of halogens is 2. The number of ether oxygens (including phenoxy) is 1. The first-order valence-corrected chi connectivity index (χ1v) is 14.8. The van der Waals surface area contributed by atoms with Crippen LogP contribution in [-0.2, 0) is 0 Å². The Hall–Kier alpha value is -3.07. The van der Waals surface area contributed by atoms with E-state index in [1.165, 1.54) is 12.8 Å². The average Bonchev–Trinajstić information content (AvgIpc) is 3.73. The number of pyridine rings is 1. The molecule has 206 valence electrons. The van der Waals surface area contributed by atoms with Gasteiger partial charge in [0.2, 0.25) is 0 Å². The maximum absolute atomic E-state index is 16.6. The van der Waals surface area contributed by atoms with E-state index >= 15 is 4.39 Å². The Kier molecular flexibility index (Phi) is 5.87. The van der Waals surface area contributed by atoms with Crippen molar-refractivity contribution in [3.05, 3.63) is 53.4 Å². The van der Waals surface area contributed by atoms with Crippen molar-refractivity contribution < 1.29 is 9.13 Å². The topological polar surface area (TPSA) is 66.4 Å². The van der Waals surface area contributed by atoms with E-state index in [0.29, 0.717) is 34.4 Å². The summed E-state index contributed by atoms with van der Waals surface area (Å²) in [5, 5.41) is 6.40. The van der Waals surface area contributed by atoms with Gasteiger partial charge in [0.25, 0.3) is 0 Å². The van der Waals surface area contributed by atoms with Crippen LogP contribution in [0.2, 0.25) is 5.02 Å². The van der Waals surface area contributed by atoms with Crippen LogP contribution in [0, 0.1) is 17.7 Å². The molecule has 0 saturated carbocycles. The summed E-state index contributed by atoms with van der Waals surface area (Å²) in [7, 11) is 0. The lowest BCUT2D eigenvalue weighted by Crippen LogP contribution is -2.43. The molecule has 2 atom stereocenters. The summed E-state index contributed by atoms with van der Waals surface area (Å²) >= 11 is 6.60. The summed E-state index contributed by atoms with van der Waals surface area (Å²) in [5.74, 6) is 1.37. The van der Waals surface area contributed by atoms with Crippen molar-refractivity contribution in [3.63, 3.8) is 0 Å². The fourth-order valence-electron chi connectivity index (χ4n) is 7.70. The Morgan fingerprint density at radius 2 is 1.77 bits per heavy atom. The Morgan fingerprint density at radius 3 is 2.55 bits per heavy atom. The molecule has 40 heavy (non-hydrogen) atoms. The van der Waals surface area contributed by atoms with Gasteiger partial charge >= 0.3 is 6.01 Å². The third kappa shape index (κ3) is 3.87. The zero-order valence-electron chi connectivity index (χ0n) is 22.4. The molecular formula is C31H32ClFN6O. The van der Waals surface area contributed by atoms with Gasteiger partial charge in [0.15, 0.2) is 5.82 Å². The number of fused-ring (bicyclic) bond motifs is 4. The zero-order valence-corrected chi connectivity index (χ0v) is 23.1. The van der Waals surface area contributed by atoms with Crippen LogP contribution in [0.4, 0.5) is 10.2 Å². The summed E-state index contributed by atoms with van der Waals surface area (Å²) in [4.78, 5) is 19.1. The van der Waals surface area contributed by atoms with Crippen LogP contribution < -0.4 is 15.0 Å². The number of benzene rings is 2. The lowest BCUT2D eigenvalue weighted by Gasteiger charge is -2.31. The van der Waals surface area contributed by atoms with Crippen LogP contribution in [0.25, 0.3) is 32.9 Å². The number of anilines is 1. The SMILES string of the molecule is Fc1c(-c2cccc3cccc(Cl)c23)ncc2c(N3C[C@H]4CNC[C@H]4C3)nc(OCC34CCCN3CCC4)nc12. The van der Waals surface area contributed by atoms with E-state index < -0.39 is 5.82 Å². The fourth-order valence-corrected chi connectivity index (χ4v) is 7.98. The largest absolute Gasteiger partial charge is 0.461 e. The quantitative estimate of drug-likeness (QED) is 0.356. The molecule has 4 aliphatic heterocycles. The molecule has 8 rings (SSSR count). The Morgan fingerprint density at radius 1 is 1.02 bits per heavy atom. The van der Waals surface area contributed by atoms with Crippen LogP contribution in [0.1, 0.15) is 25.7 Å². The van der Waals surface area contributed by atoms with Crippen molar-refractivity contribution >= 4 is 39.1 Å². The second-order valence-electron chi connectivity index (χ2n) is 11.9. The van der Waals surface area contributed by atoms with E-state index in [1.54, 1.807) is 6.20 Å². The number of nitrogens with one attached hydrogen (secondary N) is 1. The van der Waals surface area contributed by atoms with Crippen molar-refractivity contribution in [1.29, 1.82) is 0 Å². The molecule has 4 aliphatic rings. The third-order valence-electron chi connectivity index (χ3n) is 9.72. The lowest BCUT2D eigenvalue weighted by atomic mass is 9.95. The van der Waals surface area contributed by atoms with Gasteiger partial charge in [0.05, 0.1) is 10.9 Å². The van der Waals surface area contributed by atoms with Crippen LogP contribution in [0.5, 0.6) is 6.01 Å². The van der Waals surface area contributed by atoms with E-state index in [9.17, 15) is 0 Å². The zero-order chi connectivity index (χ0) is 26.8. The number of aromatic nitrogens is 3. The van der Waals surface area contributed by atoms with E-state index in [-0.39, 0.29) is 22.8 Å². The van der Waals surface area contributed by atoms with Gasteiger partial charge in [0.1, 0.15) is 23.6 Å². The summed E-state index contributed by atoms with van der Waals surface area (Å²) < 4.78 is 22.9. The molecule has 4 aromatic rings. The van der Waals surface area contributed by atoms with Gasteiger partial charge in [0, 0.05) is 48.3 Å². The van der Waals surface area contributed by atoms with Crippen molar-refractivity contribution in [1.82, 2.24) is 25.2 Å². The van der Waals surface area contributed by atoms with Gasteiger partial charge in [-0.3, -0.25) is 9.88 Å². The number of hydrogen-bond acceptors (Lipinski definition) is 7. The molecule has 0 radical (unpaired) electrons. The second-order valence-corrected chi connectivity index (χ2v) is 12.4.